The summed E-state index contributed by atoms with van der Waals surface area (Å²) >= 11 is 1.35. The second-order valence-corrected chi connectivity index (χ2v) is 14.6. The van der Waals surface area contributed by atoms with Gasteiger partial charge in [0, 0.05) is 74.6 Å². The summed E-state index contributed by atoms with van der Waals surface area (Å²) in [7, 11) is 2.10. The van der Waals surface area contributed by atoms with Crippen LogP contribution >= 0.6 is 11.3 Å². The Bertz CT molecular complexity index is 1540. The highest BCUT2D eigenvalue weighted by molar-refractivity contribution is 7.16. The molecule has 248 valence electrons. The van der Waals surface area contributed by atoms with Crippen LogP contribution in [0.15, 0.2) is 17.3 Å². The van der Waals surface area contributed by atoms with Gasteiger partial charge in [-0.05, 0) is 66.5 Å². The summed E-state index contributed by atoms with van der Waals surface area (Å²) in [6, 6.07) is 6.07. The van der Waals surface area contributed by atoms with Gasteiger partial charge in [0.2, 0.25) is 0 Å². The normalized spacial score (nSPS) is 21.3. The third-order valence-corrected chi connectivity index (χ3v) is 9.91. The molecule has 0 spiro atoms. The van der Waals surface area contributed by atoms with Crippen LogP contribution in [-0.4, -0.2) is 97.7 Å². The number of nitrogen functional groups attached to an aromatic ring is 1. The number of piperazine rings is 1. The maximum Gasteiger partial charge on any atom is 0.410 e. The smallest absolute Gasteiger partial charge is 0.410 e. The molecule has 1 atom stereocenters. The van der Waals surface area contributed by atoms with Crippen LogP contribution in [-0.2, 0) is 26.2 Å². The third-order valence-electron chi connectivity index (χ3n) is 8.83. The van der Waals surface area contributed by atoms with E-state index in [0.717, 1.165) is 68.4 Å². The van der Waals surface area contributed by atoms with E-state index in [4.69, 9.17) is 26.0 Å². The first-order chi connectivity index (χ1) is 21.8. The number of carbonyl (C=O) groups excluding carboxylic acids is 2. The number of anilines is 3. The zero-order chi connectivity index (χ0) is 33.2. The Labute approximate surface area is 274 Å². The molecule has 2 saturated heterocycles. The second kappa shape index (κ2) is 13.3. The van der Waals surface area contributed by atoms with Crippen LogP contribution in [0.2, 0.25) is 0 Å². The largest absolute Gasteiger partial charge is 0.444 e. The van der Waals surface area contributed by atoms with Gasteiger partial charge in [-0.1, -0.05) is 5.16 Å². The van der Waals surface area contributed by atoms with Crippen LogP contribution in [0.4, 0.5) is 21.3 Å². The molecular weight excluding hydrogens is 606 g/mol. The van der Waals surface area contributed by atoms with Crippen LogP contribution in [0.25, 0.3) is 0 Å². The Morgan fingerprint density at radius 3 is 2.48 bits per heavy atom. The predicted molar refractivity (Wildman–Crippen MR) is 179 cm³/mol. The van der Waals surface area contributed by atoms with E-state index < -0.39 is 17.0 Å². The van der Waals surface area contributed by atoms with Crippen LogP contribution in [0.3, 0.4) is 0 Å². The molecule has 2 fully saturated rings. The lowest BCUT2D eigenvalue weighted by Gasteiger charge is -2.34. The predicted octanol–water partition coefficient (Wildman–Crippen LogP) is 3.25. The minimum atomic E-state index is -1.07. The van der Waals surface area contributed by atoms with Crippen LogP contribution in [0, 0.1) is 11.3 Å². The number of hydrogen-bond acceptors (Lipinski definition) is 12. The van der Waals surface area contributed by atoms with E-state index in [0.29, 0.717) is 47.9 Å². The number of carbonyl (C=O) groups is 2. The fourth-order valence-electron chi connectivity index (χ4n) is 6.24. The Morgan fingerprint density at radius 2 is 1.78 bits per heavy atom. The first-order valence-electron chi connectivity index (χ1n) is 15.8. The van der Waals surface area contributed by atoms with E-state index in [2.05, 4.69) is 33.0 Å². The van der Waals surface area contributed by atoms with E-state index in [-0.39, 0.29) is 11.9 Å². The summed E-state index contributed by atoms with van der Waals surface area (Å²) in [4.78, 5) is 46.1. The molecule has 1 aliphatic carbocycles. The molecule has 4 N–H and O–H groups in total. The summed E-state index contributed by atoms with van der Waals surface area (Å²) in [6.45, 7) is 13.2. The van der Waals surface area contributed by atoms with Crippen molar-refractivity contribution in [1.29, 1.82) is 5.26 Å². The zero-order valence-electron chi connectivity index (χ0n) is 27.5. The minimum absolute atomic E-state index is 0.0271. The lowest BCUT2D eigenvalue weighted by molar-refractivity contribution is -0.150. The molecule has 2 aromatic heterocycles. The van der Waals surface area contributed by atoms with Gasteiger partial charge in [0.15, 0.2) is 5.84 Å². The summed E-state index contributed by atoms with van der Waals surface area (Å²) in [5, 5.41) is 14.3. The molecule has 0 saturated carbocycles. The molecule has 3 aliphatic rings. The van der Waals surface area contributed by atoms with Gasteiger partial charge in [0.25, 0.3) is 0 Å². The molecule has 0 radical (unpaired) electrons. The zero-order valence-corrected chi connectivity index (χ0v) is 28.3. The second-order valence-electron chi connectivity index (χ2n) is 13.5. The van der Waals surface area contributed by atoms with Crippen LogP contribution in [0.1, 0.15) is 68.7 Å². The first kappa shape index (κ1) is 33.3. The summed E-state index contributed by atoms with van der Waals surface area (Å²) in [6.07, 6.45) is 2.49. The number of amidine groups is 1. The number of fused-ring (bicyclic) bond motifs is 1. The molecule has 13 nitrogen and oxygen atoms in total. The SMILES string of the molecule is CN1CCN(c2cc(N3CCCN(C(=O)OC(C)(C)C)CC3)cc(/C(N)=N/OC(=O)C3(C)CCCc4sc(N)c(C#N)c43)n2)CC1. The molecule has 1 unspecified atom stereocenters. The topological polar surface area (TPSA) is 167 Å². The van der Waals surface area contributed by atoms with Gasteiger partial charge in [0.1, 0.15) is 28.2 Å². The number of hydrogen-bond donors (Lipinski definition) is 2. The van der Waals surface area contributed by atoms with Crippen molar-refractivity contribution in [1.82, 2.24) is 14.8 Å². The van der Waals surface area contributed by atoms with E-state index in [1.54, 1.807) is 11.8 Å². The van der Waals surface area contributed by atoms with Crippen molar-refractivity contribution in [3.8, 4) is 6.07 Å². The number of nitrogens with two attached hydrogens (primary N) is 2. The number of amides is 1. The Balaban J connectivity index is 1.40. The molecule has 0 bridgehead atoms. The van der Waals surface area contributed by atoms with Crippen molar-refractivity contribution in [2.45, 2.75) is 64.4 Å². The van der Waals surface area contributed by atoms with Crippen molar-refractivity contribution < 1.29 is 19.2 Å². The fourth-order valence-corrected chi connectivity index (χ4v) is 7.43. The standard InChI is InChI=1S/C32H45N9O4S/c1-31(2,3)44-30(43)41-11-7-10-39(16-17-41)21-18-23(36-25(19-21)40-14-12-38(5)13-15-40)27(34)37-45-29(42)32(4)9-6-8-24-26(32)22(20-33)28(35)46-24/h18-19H,6-17,35H2,1-5H3,(H2,34,37). The molecule has 2 aromatic rings. The molecule has 4 heterocycles. The summed E-state index contributed by atoms with van der Waals surface area (Å²) < 4.78 is 5.61. The first-order valence-corrected chi connectivity index (χ1v) is 16.7. The van der Waals surface area contributed by atoms with Gasteiger partial charge in [-0.3, -0.25) is 0 Å². The molecule has 5 rings (SSSR count). The average molecular weight is 652 g/mol. The van der Waals surface area contributed by atoms with Crippen LogP contribution in [0.5, 0.6) is 0 Å². The van der Waals surface area contributed by atoms with Crippen molar-refractivity contribution in [2.75, 3.05) is 74.9 Å². The molecule has 46 heavy (non-hydrogen) atoms. The molecular formula is C32H45N9O4S. The van der Waals surface area contributed by atoms with Gasteiger partial charge in [-0.15, -0.1) is 11.3 Å². The number of rotatable bonds is 5. The van der Waals surface area contributed by atoms with E-state index in [1.165, 1.54) is 11.3 Å². The number of ether oxygens (including phenoxy) is 1. The van der Waals surface area contributed by atoms with E-state index >= 15 is 0 Å². The minimum Gasteiger partial charge on any atom is -0.444 e. The number of oxime groups is 1. The highest BCUT2D eigenvalue weighted by atomic mass is 32.1. The van der Waals surface area contributed by atoms with Gasteiger partial charge >= 0.3 is 12.1 Å². The maximum absolute atomic E-state index is 13.6. The number of nitrogens with zero attached hydrogens (tertiary/aromatic N) is 7. The lowest BCUT2D eigenvalue weighted by Crippen LogP contribution is -2.45. The molecule has 14 heteroatoms. The highest BCUT2D eigenvalue weighted by Gasteiger charge is 2.45. The Kier molecular flexibility index (Phi) is 9.65. The molecule has 2 aliphatic heterocycles. The number of nitriles is 1. The fraction of sp³-hybridized carbons (Fsp3) is 0.594. The Hall–Kier alpha value is -4.09. The average Bonchev–Trinajstić information content (AvgIpc) is 3.17. The molecule has 1 amide bonds. The quantitative estimate of drug-likeness (QED) is 0.211. The summed E-state index contributed by atoms with van der Waals surface area (Å²) in [5.41, 5.74) is 13.2. The van der Waals surface area contributed by atoms with Crippen molar-refractivity contribution in [2.24, 2.45) is 10.9 Å². The van der Waals surface area contributed by atoms with Gasteiger partial charge < -0.3 is 40.6 Å². The number of aryl methyl sites for hydroxylation is 1. The lowest BCUT2D eigenvalue weighted by atomic mass is 9.72. The van der Waals surface area contributed by atoms with E-state index in [1.807, 2.05) is 32.9 Å². The highest BCUT2D eigenvalue weighted by Crippen LogP contribution is 2.46. The van der Waals surface area contributed by atoms with Crippen LogP contribution < -0.4 is 21.3 Å². The van der Waals surface area contributed by atoms with E-state index in [9.17, 15) is 14.9 Å². The van der Waals surface area contributed by atoms with Gasteiger partial charge in [-0.25, -0.2) is 14.6 Å². The number of aromatic nitrogens is 1. The van der Waals surface area contributed by atoms with Crippen molar-refractivity contribution in [3.63, 3.8) is 0 Å². The number of pyridine rings is 1. The summed E-state index contributed by atoms with van der Waals surface area (Å²) in [5.74, 6) is 0.145. The number of thiophene rings is 1. The van der Waals surface area contributed by atoms with Gasteiger partial charge in [-0.2, -0.15) is 5.26 Å². The van der Waals surface area contributed by atoms with Crippen molar-refractivity contribution in [3.05, 3.63) is 33.8 Å². The molecule has 0 aromatic carbocycles. The number of likely N-dealkylation sites (N-methyl/N-ethyl adjacent to an activating group) is 1. The monoisotopic (exact) mass is 651 g/mol. The van der Waals surface area contributed by atoms with Crippen molar-refractivity contribution >= 4 is 45.7 Å². The maximum atomic E-state index is 13.6. The Morgan fingerprint density at radius 1 is 1.07 bits per heavy atom. The van der Waals surface area contributed by atoms with Gasteiger partial charge in [0.05, 0.1) is 11.0 Å². The third kappa shape index (κ3) is 7.15.